The number of nitrogens with one attached hydrogen (secondary N) is 1. The Kier molecular flexibility index (Phi) is 5.07. The number of hydrogen-bond donors (Lipinski definition) is 2. The molecule has 1 aliphatic heterocycles. The lowest BCUT2D eigenvalue weighted by atomic mass is 9.87. The van der Waals surface area contributed by atoms with E-state index in [0.29, 0.717) is 54.4 Å². The predicted molar refractivity (Wildman–Crippen MR) is 104 cm³/mol. The molecule has 2 aromatic carbocycles. The van der Waals surface area contributed by atoms with Crippen molar-refractivity contribution >= 4 is 16.9 Å². The molecule has 28 heavy (non-hydrogen) atoms. The highest BCUT2D eigenvalue weighted by Gasteiger charge is 2.38. The molecule has 0 bridgehead atoms. The van der Waals surface area contributed by atoms with Crippen LogP contribution in [0.2, 0.25) is 0 Å². The Hall–Kier alpha value is -2.83. The van der Waals surface area contributed by atoms with Crippen LogP contribution in [0.25, 0.3) is 11.0 Å². The maximum atomic E-state index is 12.8. The molecule has 1 fully saturated rings. The maximum Gasteiger partial charge on any atom is 0.255 e. The van der Waals surface area contributed by atoms with E-state index in [1.807, 2.05) is 48.5 Å². The number of carbonyl (C=O) groups excluding carboxylic acids is 1. The zero-order valence-corrected chi connectivity index (χ0v) is 15.7. The number of amides is 1. The van der Waals surface area contributed by atoms with Crippen molar-refractivity contribution in [1.82, 2.24) is 5.32 Å². The van der Waals surface area contributed by atoms with Gasteiger partial charge in [-0.15, -0.1) is 0 Å². The molecule has 2 heterocycles. The predicted octanol–water partition coefficient (Wildman–Crippen LogP) is 3.06. The second-order valence-electron chi connectivity index (χ2n) is 7.30. The highest BCUT2D eigenvalue weighted by molar-refractivity contribution is 6.07. The third-order valence-corrected chi connectivity index (χ3v) is 5.09. The number of aliphatic hydroxyl groups is 1. The zero-order chi connectivity index (χ0) is 19.6. The fraction of sp³-hybridized carbons (Fsp3) is 0.318. The normalized spacial score (nSPS) is 15.2. The number of benzene rings is 2. The van der Waals surface area contributed by atoms with Crippen LogP contribution in [-0.2, 0) is 11.3 Å². The number of aryl methyl sites for hydroxylation is 1. The summed E-state index contributed by atoms with van der Waals surface area (Å²) >= 11 is 0. The van der Waals surface area contributed by atoms with Crippen molar-refractivity contribution in [3.63, 3.8) is 0 Å². The number of aliphatic hydroxyl groups excluding tert-OH is 1. The van der Waals surface area contributed by atoms with Gasteiger partial charge < -0.3 is 24.3 Å². The molecule has 1 aromatic heterocycles. The summed E-state index contributed by atoms with van der Waals surface area (Å²) in [5, 5.41) is 13.2. The lowest BCUT2D eigenvalue weighted by Gasteiger charge is -2.39. The monoisotopic (exact) mass is 381 g/mol. The molecule has 3 aromatic rings. The van der Waals surface area contributed by atoms with Crippen molar-refractivity contribution in [1.29, 1.82) is 0 Å². The van der Waals surface area contributed by atoms with Gasteiger partial charge in [0.25, 0.3) is 5.91 Å². The standard InChI is InChI=1S/C22H23NO5/c1-15-20(21(25)23-11-22(12-24)13-26-14-22)18-9-17(7-8-19(18)28-15)27-10-16-5-3-2-4-6-16/h2-9,24H,10-14H2,1H3,(H,23,25). The van der Waals surface area contributed by atoms with E-state index >= 15 is 0 Å². The molecule has 6 heteroatoms. The molecule has 6 nitrogen and oxygen atoms in total. The van der Waals surface area contributed by atoms with Crippen molar-refractivity contribution < 1.29 is 23.8 Å². The quantitative estimate of drug-likeness (QED) is 0.657. The van der Waals surface area contributed by atoms with Gasteiger partial charge in [0.1, 0.15) is 23.7 Å². The summed E-state index contributed by atoms with van der Waals surface area (Å²) in [5.41, 5.74) is 1.82. The summed E-state index contributed by atoms with van der Waals surface area (Å²) in [6.45, 7) is 3.46. The van der Waals surface area contributed by atoms with Crippen molar-refractivity contribution in [2.75, 3.05) is 26.4 Å². The Bertz CT molecular complexity index is 970. The minimum absolute atomic E-state index is 0.0180. The molecule has 0 atom stereocenters. The molecule has 146 valence electrons. The first-order chi connectivity index (χ1) is 13.6. The van der Waals surface area contributed by atoms with Crippen LogP contribution in [-0.4, -0.2) is 37.4 Å². The van der Waals surface area contributed by atoms with Crippen molar-refractivity contribution in [2.24, 2.45) is 5.41 Å². The molecular formula is C22H23NO5. The van der Waals surface area contributed by atoms with Crippen LogP contribution in [0.1, 0.15) is 21.7 Å². The van der Waals surface area contributed by atoms with Crippen LogP contribution in [0, 0.1) is 12.3 Å². The molecule has 0 aliphatic carbocycles. The Morgan fingerprint density at radius 1 is 1.21 bits per heavy atom. The van der Waals surface area contributed by atoms with E-state index in [2.05, 4.69) is 5.32 Å². The molecule has 0 spiro atoms. The molecule has 1 saturated heterocycles. The van der Waals surface area contributed by atoms with Crippen LogP contribution in [0.4, 0.5) is 0 Å². The van der Waals surface area contributed by atoms with Crippen LogP contribution in [0.3, 0.4) is 0 Å². The second-order valence-corrected chi connectivity index (χ2v) is 7.30. The number of ether oxygens (including phenoxy) is 2. The van der Waals surface area contributed by atoms with Gasteiger partial charge >= 0.3 is 0 Å². The van der Waals surface area contributed by atoms with Gasteiger partial charge in [-0.1, -0.05) is 30.3 Å². The summed E-state index contributed by atoms with van der Waals surface area (Å²) in [5.74, 6) is 0.997. The summed E-state index contributed by atoms with van der Waals surface area (Å²) in [4.78, 5) is 12.8. The molecule has 0 radical (unpaired) electrons. The van der Waals surface area contributed by atoms with Crippen molar-refractivity contribution in [3.8, 4) is 5.75 Å². The summed E-state index contributed by atoms with van der Waals surface area (Å²) in [6, 6.07) is 15.4. The first kappa shape index (κ1) is 18.5. The van der Waals surface area contributed by atoms with Crippen LogP contribution in [0.15, 0.2) is 52.9 Å². The summed E-state index contributed by atoms with van der Waals surface area (Å²) in [7, 11) is 0. The number of furan rings is 1. The number of hydrogen-bond acceptors (Lipinski definition) is 5. The minimum Gasteiger partial charge on any atom is -0.489 e. The van der Waals surface area contributed by atoms with Crippen LogP contribution >= 0.6 is 0 Å². The molecule has 0 saturated carbocycles. The fourth-order valence-corrected chi connectivity index (χ4v) is 3.31. The van der Waals surface area contributed by atoms with E-state index in [4.69, 9.17) is 13.9 Å². The van der Waals surface area contributed by atoms with Gasteiger partial charge in [0.05, 0.1) is 30.8 Å². The van der Waals surface area contributed by atoms with Gasteiger partial charge in [0, 0.05) is 11.9 Å². The first-order valence-corrected chi connectivity index (χ1v) is 9.27. The van der Waals surface area contributed by atoms with Gasteiger partial charge in [0.15, 0.2) is 0 Å². The number of carbonyl (C=O) groups is 1. The SMILES string of the molecule is Cc1oc2ccc(OCc3ccccc3)cc2c1C(=O)NCC1(CO)COC1. The van der Waals surface area contributed by atoms with E-state index in [0.717, 1.165) is 5.56 Å². The van der Waals surface area contributed by atoms with E-state index in [9.17, 15) is 9.90 Å². The third kappa shape index (κ3) is 3.61. The van der Waals surface area contributed by atoms with E-state index in [1.54, 1.807) is 6.92 Å². The summed E-state index contributed by atoms with van der Waals surface area (Å²) < 4.78 is 16.8. The third-order valence-electron chi connectivity index (χ3n) is 5.09. The Balaban J connectivity index is 1.52. The lowest BCUT2D eigenvalue weighted by molar-refractivity contribution is -0.133. The van der Waals surface area contributed by atoms with Gasteiger partial charge in [0.2, 0.25) is 0 Å². The molecule has 2 N–H and O–H groups in total. The van der Waals surface area contributed by atoms with Gasteiger partial charge in [-0.3, -0.25) is 4.79 Å². The van der Waals surface area contributed by atoms with E-state index < -0.39 is 0 Å². The Morgan fingerprint density at radius 2 is 2.00 bits per heavy atom. The van der Waals surface area contributed by atoms with Gasteiger partial charge in [-0.2, -0.15) is 0 Å². The van der Waals surface area contributed by atoms with Crippen LogP contribution < -0.4 is 10.1 Å². The highest BCUT2D eigenvalue weighted by atomic mass is 16.5. The molecule has 1 aliphatic rings. The molecule has 0 unspecified atom stereocenters. The zero-order valence-electron chi connectivity index (χ0n) is 15.7. The van der Waals surface area contributed by atoms with E-state index in [-0.39, 0.29) is 17.9 Å². The Morgan fingerprint density at radius 3 is 2.68 bits per heavy atom. The van der Waals surface area contributed by atoms with E-state index in [1.165, 1.54) is 0 Å². The average Bonchev–Trinajstić information content (AvgIpc) is 3.01. The minimum atomic E-state index is -0.382. The fourth-order valence-electron chi connectivity index (χ4n) is 3.31. The maximum absolute atomic E-state index is 12.8. The van der Waals surface area contributed by atoms with Gasteiger partial charge in [-0.25, -0.2) is 0 Å². The lowest BCUT2D eigenvalue weighted by Crippen LogP contribution is -2.53. The average molecular weight is 381 g/mol. The summed E-state index contributed by atoms with van der Waals surface area (Å²) in [6.07, 6.45) is 0. The molecule has 1 amide bonds. The molecular weight excluding hydrogens is 358 g/mol. The highest BCUT2D eigenvalue weighted by Crippen LogP contribution is 2.30. The molecule has 4 rings (SSSR count). The second kappa shape index (κ2) is 7.66. The largest absolute Gasteiger partial charge is 0.489 e. The number of rotatable bonds is 7. The Labute approximate surface area is 163 Å². The smallest absolute Gasteiger partial charge is 0.255 e. The van der Waals surface area contributed by atoms with Crippen LogP contribution in [0.5, 0.6) is 5.75 Å². The van der Waals surface area contributed by atoms with Crippen molar-refractivity contribution in [3.05, 3.63) is 65.4 Å². The number of fused-ring (bicyclic) bond motifs is 1. The topological polar surface area (TPSA) is 80.9 Å². The van der Waals surface area contributed by atoms with Crippen molar-refractivity contribution in [2.45, 2.75) is 13.5 Å². The van der Waals surface area contributed by atoms with Gasteiger partial charge in [-0.05, 0) is 30.7 Å². The first-order valence-electron chi connectivity index (χ1n) is 9.27.